The number of nitro benzene ring substituents is 1. The lowest BCUT2D eigenvalue weighted by Crippen LogP contribution is -2.36. The van der Waals surface area contributed by atoms with E-state index in [1.807, 2.05) is 0 Å². The van der Waals surface area contributed by atoms with E-state index in [-0.39, 0.29) is 23.4 Å². The molecule has 38 heavy (non-hydrogen) atoms. The maximum absolute atomic E-state index is 13.5. The highest BCUT2D eigenvalue weighted by Crippen LogP contribution is 2.46. The number of aromatic amines is 1. The van der Waals surface area contributed by atoms with Crippen molar-refractivity contribution in [3.63, 3.8) is 0 Å². The van der Waals surface area contributed by atoms with Crippen molar-refractivity contribution in [2.24, 2.45) is 0 Å². The molecule has 0 saturated carbocycles. The summed E-state index contributed by atoms with van der Waals surface area (Å²) in [7, 11) is -3.22. The average molecular weight is 619 g/mol. The minimum Gasteiger partial charge on any atom is -0.468 e. The van der Waals surface area contributed by atoms with Crippen LogP contribution >= 0.6 is 23.7 Å². The molecule has 1 aromatic carbocycles. The zero-order valence-electron chi connectivity index (χ0n) is 20.0. The topological polar surface area (TPSA) is 201 Å². The highest BCUT2D eigenvalue weighted by Gasteiger charge is 2.39. The number of hydrogen-bond donors (Lipinski definition) is 3. The summed E-state index contributed by atoms with van der Waals surface area (Å²) in [6.45, 7) is 0.842. The second-order valence-corrected chi connectivity index (χ2v) is 10.2. The number of aromatic nitrogens is 2. The van der Waals surface area contributed by atoms with Crippen LogP contribution in [0.1, 0.15) is 25.1 Å². The van der Waals surface area contributed by atoms with Crippen LogP contribution in [0.3, 0.4) is 0 Å². The Kier molecular flexibility index (Phi) is 9.76. The van der Waals surface area contributed by atoms with Crippen molar-refractivity contribution >= 4 is 41.4 Å². The van der Waals surface area contributed by atoms with Crippen LogP contribution in [0.5, 0.6) is 5.75 Å². The third-order valence-electron chi connectivity index (χ3n) is 5.34. The highest BCUT2D eigenvalue weighted by atomic mass is 79.9. The van der Waals surface area contributed by atoms with Crippen LogP contribution in [0.2, 0.25) is 0 Å². The number of aliphatic hydroxyl groups is 1. The molecule has 3 N–H and O–H groups in total. The monoisotopic (exact) mass is 618 g/mol. The molecular formula is C21H24BrN4O11P. The number of hydrogen-bond acceptors (Lipinski definition) is 11. The van der Waals surface area contributed by atoms with Gasteiger partial charge in [-0.2, -0.15) is 5.09 Å². The lowest BCUT2D eigenvalue weighted by atomic mass is 10.2. The zero-order chi connectivity index (χ0) is 28.0. The number of nitrogens with zero attached hydrogens (tertiary/aromatic N) is 2. The minimum atomic E-state index is -4.35. The standard InChI is InChI=1S/C21H24BrN4O11P/c1-12(20(29)34-2)24-38(33,37-15-5-3-14(4-6-15)26(31)32)35-11-17-16(27)9-18(36-17)25-10-13(7-8-22)19(28)23-21(25)30/h3-8,10,12,16-18,27H,9,11H2,1-2H3,(H,24,33)(H,23,28,30)/t12-,16?,17+,18+,38?/m0/s1. The van der Waals surface area contributed by atoms with Gasteiger partial charge in [0.1, 0.15) is 24.1 Å². The summed E-state index contributed by atoms with van der Waals surface area (Å²) < 4.78 is 35.8. The van der Waals surface area contributed by atoms with Crippen molar-refractivity contribution in [1.82, 2.24) is 14.6 Å². The lowest BCUT2D eigenvalue weighted by Gasteiger charge is -2.24. The zero-order valence-corrected chi connectivity index (χ0v) is 22.5. The van der Waals surface area contributed by atoms with Gasteiger partial charge in [0.25, 0.3) is 11.2 Å². The number of benzene rings is 1. The van der Waals surface area contributed by atoms with E-state index in [2.05, 4.69) is 30.7 Å². The molecule has 2 aromatic rings. The summed E-state index contributed by atoms with van der Waals surface area (Å²) in [6, 6.07) is 3.48. The number of methoxy groups -OCH3 is 1. The molecule has 17 heteroatoms. The van der Waals surface area contributed by atoms with Gasteiger partial charge in [-0.3, -0.25) is 33.8 Å². The van der Waals surface area contributed by atoms with Crippen molar-refractivity contribution in [2.75, 3.05) is 13.7 Å². The molecule has 1 aromatic heterocycles. The van der Waals surface area contributed by atoms with Crippen molar-refractivity contribution in [1.29, 1.82) is 0 Å². The van der Waals surface area contributed by atoms with Crippen LogP contribution in [0, 0.1) is 10.1 Å². The van der Waals surface area contributed by atoms with Crippen LogP contribution in [-0.2, 0) is 23.4 Å². The molecule has 0 bridgehead atoms. The molecule has 5 atom stereocenters. The Bertz CT molecular complexity index is 1360. The van der Waals surface area contributed by atoms with Crippen molar-refractivity contribution < 1.29 is 37.9 Å². The van der Waals surface area contributed by atoms with Crippen LogP contribution in [-0.4, -0.2) is 57.5 Å². The quantitative estimate of drug-likeness (QED) is 0.143. The fourth-order valence-electron chi connectivity index (χ4n) is 3.43. The molecule has 1 saturated heterocycles. The molecule has 1 aliphatic heterocycles. The smallest absolute Gasteiger partial charge is 0.459 e. The maximum atomic E-state index is 13.5. The Labute approximate surface area is 223 Å². The van der Waals surface area contributed by atoms with Crippen molar-refractivity contribution in [3.8, 4) is 5.75 Å². The van der Waals surface area contributed by atoms with E-state index in [9.17, 15) is 34.2 Å². The highest BCUT2D eigenvalue weighted by molar-refractivity contribution is 9.11. The van der Waals surface area contributed by atoms with Crippen LogP contribution in [0.25, 0.3) is 6.08 Å². The molecule has 15 nitrogen and oxygen atoms in total. The number of nitrogens with one attached hydrogen (secondary N) is 2. The Morgan fingerprint density at radius 2 is 2.11 bits per heavy atom. The van der Waals surface area contributed by atoms with Crippen LogP contribution in [0.4, 0.5) is 5.69 Å². The first-order chi connectivity index (χ1) is 18.0. The van der Waals surface area contributed by atoms with E-state index in [4.69, 9.17) is 13.8 Å². The minimum absolute atomic E-state index is 0.0586. The number of rotatable bonds is 11. The Hall–Kier alpha value is -3.14. The van der Waals surface area contributed by atoms with E-state index in [1.54, 1.807) is 0 Å². The van der Waals surface area contributed by atoms with Gasteiger partial charge in [0.05, 0.1) is 30.3 Å². The number of aliphatic hydroxyl groups excluding tert-OH is 1. The summed E-state index contributed by atoms with van der Waals surface area (Å²) in [5.41, 5.74) is -1.46. The summed E-state index contributed by atoms with van der Waals surface area (Å²) >= 11 is 3.06. The molecule has 1 fully saturated rings. The fourth-order valence-corrected chi connectivity index (χ4v) is 5.22. The molecule has 3 rings (SSSR count). The molecular weight excluding hydrogens is 595 g/mol. The van der Waals surface area contributed by atoms with E-state index >= 15 is 0 Å². The lowest BCUT2D eigenvalue weighted by molar-refractivity contribution is -0.384. The number of non-ortho nitro benzene ring substituents is 1. The SMILES string of the molecule is COC(=O)[C@H](C)NP(=O)(OC[C@H]1O[C@@H](n2cc(C=CBr)c(=O)[nH]c2=O)CC1O)Oc1ccc([N+](=O)[O-])cc1. The maximum Gasteiger partial charge on any atom is 0.459 e. The second kappa shape index (κ2) is 12.6. The van der Waals surface area contributed by atoms with Gasteiger partial charge in [-0.05, 0) is 30.1 Å². The molecule has 206 valence electrons. The van der Waals surface area contributed by atoms with Gasteiger partial charge in [-0.1, -0.05) is 15.9 Å². The second-order valence-electron chi connectivity index (χ2n) is 7.99. The van der Waals surface area contributed by atoms with Crippen LogP contribution < -0.4 is 20.9 Å². The number of carbonyl (C=O) groups is 1. The number of halogens is 1. The van der Waals surface area contributed by atoms with Gasteiger partial charge in [-0.15, -0.1) is 0 Å². The fraction of sp³-hybridized carbons (Fsp3) is 0.381. The van der Waals surface area contributed by atoms with Gasteiger partial charge < -0.3 is 19.1 Å². The van der Waals surface area contributed by atoms with E-state index < -0.39 is 61.0 Å². The Balaban J connectivity index is 1.78. The molecule has 0 amide bonds. The van der Waals surface area contributed by atoms with Gasteiger partial charge in [0.15, 0.2) is 0 Å². The first kappa shape index (κ1) is 29.4. The van der Waals surface area contributed by atoms with Crippen molar-refractivity contribution in [3.05, 3.63) is 72.0 Å². The molecule has 0 radical (unpaired) electrons. The van der Waals surface area contributed by atoms with Gasteiger partial charge >= 0.3 is 19.4 Å². The average Bonchev–Trinajstić information content (AvgIpc) is 3.24. The number of H-pyrrole nitrogens is 1. The van der Waals surface area contributed by atoms with Crippen molar-refractivity contribution in [2.45, 2.75) is 37.8 Å². The Morgan fingerprint density at radius 3 is 2.71 bits per heavy atom. The molecule has 0 aliphatic carbocycles. The van der Waals surface area contributed by atoms with Gasteiger partial charge in [0, 0.05) is 24.8 Å². The largest absolute Gasteiger partial charge is 0.468 e. The first-order valence-electron chi connectivity index (χ1n) is 11.0. The predicted molar refractivity (Wildman–Crippen MR) is 136 cm³/mol. The molecule has 1 aliphatic rings. The van der Waals surface area contributed by atoms with E-state index in [1.165, 1.54) is 36.3 Å². The number of esters is 1. The number of nitro groups is 1. The summed E-state index contributed by atoms with van der Waals surface area (Å²) in [5.74, 6) is -0.842. The Morgan fingerprint density at radius 1 is 1.42 bits per heavy atom. The van der Waals surface area contributed by atoms with E-state index in [0.717, 1.165) is 23.8 Å². The normalized spacial score (nSPS) is 21.6. The molecule has 2 heterocycles. The summed E-state index contributed by atoms with van der Waals surface area (Å²) in [5, 5.41) is 23.8. The molecule has 0 spiro atoms. The third-order valence-corrected chi connectivity index (χ3v) is 7.25. The third kappa shape index (κ3) is 7.24. The number of ether oxygens (including phenoxy) is 2. The summed E-state index contributed by atoms with van der Waals surface area (Å²) in [6.07, 6.45) is -0.612. The van der Waals surface area contributed by atoms with E-state index in [0.29, 0.717) is 0 Å². The van der Waals surface area contributed by atoms with Gasteiger partial charge in [0.2, 0.25) is 0 Å². The predicted octanol–water partition coefficient (Wildman–Crippen LogP) is 1.81. The first-order valence-corrected chi connectivity index (χ1v) is 13.4. The van der Waals surface area contributed by atoms with Gasteiger partial charge in [-0.25, -0.2) is 9.36 Å². The molecule has 2 unspecified atom stereocenters. The summed E-state index contributed by atoms with van der Waals surface area (Å²) in [4.78, 5) is 50.0. The van der Waals surface area contributed by atoms with Crippen LogP contribution in [0.15, 0.2) is 45.0 Å². The number of carbonyl (C=O) groups excluding carboxylic acids is 1.